The normalized spacial score (nSPS) is 13.8. The van der Waals surface area contributed by atoms with E-state index in [1.165, 1.54) is 44.5 Å². The topological polar surface area (TPSA) is 139 Å². The summed E-state index contributed by atoms with van der Waals surface area (Å²) in [4.78, 5) is 38.3. The number of fused-ring (bicyclic) bond motifs is 16. The van der Waals surface area contributed by atoms with Crippen LogP contribution in [0, 0.1) is 0 Å². The molecule has 0 unspecified atom stereocenters. The lowest BCUT2D eigenvalue weighted by molar-refractivity contribution is 0.568. The third kappa shape index (κ3) is 14.6. The van der Waals surface area contributed by atoms with Gasteiger partial charge in [-0.25, -0.2) is 19.9 Å². The van der Waals surface area contributed by atoms with Crippen molar-refractivity contribution in [2.45, 2.75) is 209 Å². The van der Waals surface area contributed by atoms with E-state index in [0.717, 1.165) is 123 Å². The molecule has 0 atom stereocenters. The molecule has 10 aromatic rings. The molecular formula is C96H106N10. The highest BCUT2D eigenvalue weighted by Crippen LogP contribution is 2.46. The van der Waals surface area contributed by atoms with E-state index in [9.17, 15) is 0 Å². The van der Waals surface area contributed by atoms with Crippen LogP contribution in [0.25, 0.3) is 137 Å². The van der Waals surface area contributed by atoms with Crippen LogP contribution in [0.5, 0.6) is 0 Å². The van der Waals surface area contributed by atoms with Gasteiger partial charge in [0.1, 0.15) is 11.4 Å². The van der Waals surface area contributed by atoms with Gasteiger partial charge in [-0.2, -0.15) is 0 Å². The average Bonchev–Trinajstić information content (AvgIpc) is 1.50. The summed E-state index contributed by atoms with van der Waals surface area (Å²) in [5.41, 5.74) is 31.2. The maximum Gasteiger partial charge on any atom is 0.135 e. The summed E-state index contributed by atoms with van der Waals surface area (Å²) in [7, 11) is 0. The molecule has 4 aromatic carbocycles. The molecule has 10 heteroatoms. The number of nitrogens with one attached hydrogen (secondary N) is 4. The second-order valence-electron chi connectivity index (χ2n) is 38.0. The van der Waals surface area contributed by atoms with Gasteiger partial charge in [0.25, 0.3) is 0 Å². The van der Waals surface area contributed by atoms with Crippen molar-refractivity contribution < 1.29 is 0 Å². The van der Waals surface area contributed by atoms with Crippen LogP contribution in [0.3, 0.4) is 0 Å². The van der Waals surface area contributed by atoms with Crippen molar-refractivity contribution in [1.29, 1.82) is 0 Å². The Morgan fingerprint density at radius 2 is 0.434 bits per heavy atom. The Morgan fingerprint density at radius 1 is 0.217 bits per heavy atom. The van der Waals surface area contributed by atoms with Gasteiger partial charge >= 0.3 is 0 Å². The van der Waals surface area contributed by atoms with E-state index in [1.807, 2.05) is 0 Å². The van der Waals surface area contributed by atoms with Gasteiger partial charge in [0.2, 0.25) is 0 Å². The second-order valence-corrected chi connectivity index (χ2v) is 38.0. The summed E-state index contributed by atoms with van der Waals surface area (Å²) in [6, 6.07) is 49.9. The van der Waals surface area contributed by atoms with Crippen LogP contribution in [0.2, 0.25) is 0 Å². The predicted molar refractivity (Wildman–Crippen MR) is 453 cm³/mol. The zero-order valence-electron chi connectivity index (χ0n) is 67.0. The summed E-state index contributed by atoms with van der Waals surface area (Å²) in [6.07, 6.45) is 17.1. The minimum atomic E-state index is -0.146. The molecule has 4 N–H and O–H groups in total. The van der Waals surface area contributed by atoms with Gasteiger partial charge in [-0.3, -0.25) is 0 Å². The quantitative estimate of drug-likeness (QED) is 0.123. The van der Waals surface area contributed by atoms with Gasteiger partial charge in [0.15, 0.2) is 0 Å². The summed E-state index contributed by atoms with van der Waals surface area (Å²) in [6.45, 7) is 55.0. The maximum absolute atomic E-state index is 5.76. The van der Waals surface area contributed by atoms with E-state index in [2.05, 4.69) is 368 Å². The molecule has 4 aliphatic rings. The zero-order valence-corrected chi connectivity index (χ0v) is 67.0. The van der Waals surface area contributed by atoms with Crippen LogP contribution in [-0.2, 0) is 43.3 Å². The largest absolute Gasteiger partial charge is 0.355 e. The monoisotopic (exact) mass is 1400 g/mol. The number of nitrogens with zero attached hydrogens (tertiary/aromatic N) is 6. The molecule has 106 heavy (non-hydrogen) atoms. The van der Waals surface area contributed by atoms with Crippen molar-refractivity contribution >= 4 is 104 Å². The first-order valence-corrected chi connectivity index (χ1v) is 37.8. The summed E-state index contributed by atoms with van der Waals surface area (Å²) < 4.78 is 0. The van der Waals surface area contributed by atoms with Crippen molar-refractivity contribution in [2.24, 2.45) is 10.2 Å². The van der Waals surface area contributed by atoms with E-state index in [-0.39, 0.29) is 43.3 Å². The Morgan fingerprint density at radius 3 is 0.698 bits per heavy atom. The standard InChI is InChI=1S/C96H106N10/c1-89(2,3)59-41-55(42-60(49-59)90(4,5)6)83-71-29-25-67(97-71)53-68-26-30-72(98-68)84(56-43-61(91(7,8)9)50-62(44-56)92(10,11)12)76-34-38-80(102-76)87(79-37-33-75(83)101-79)105-106-88-81-39-35-77(103-81)85(57-45-63(93(13,14)15)51-64(46-57)94(16,17)18)73-31-27-69(99-73)54-70-28-32-74(100-70)86(78-36-40-82(88)104-78)58-47-65(95(19,20)21)52-66(48-58)96(22,23)24/h25-54,97,99,102,104H,1-24H3. The first kappa shape index (κ1) is 72.6. The minimum absolute atomic E-state index is 0.146. The van der Waals surface area contributed by atoms with E-state index in [0.29, 0.717) is 22.8 Å². The number of hydrogen-bond acceptors (Lipinski definition) is 6. The van der Waals surface area contributed by atoms with Crippen molar-refractivity contribution in [3.05, 3.63) is 224 Å². The molecular weight excluding hydrogens is 1290 g/mol. The van der Waals surface area contributed by atoms with Crippen LogP contribution in [0.15, 0.2) is 144 Å². The molecule has 0 radical (unpaired) electrons. The molecule has 0 spiro atoms. The number of H-pyrrole nitrogens is 4. The molecule has 540 valence electrons. The first-order valence-electron chi connectivity index (χ1n) is 37.8. The highest BCUT2D eigenvalue weighted by molar-refractivity contribution is 5.99. The highest BCUT2D eigenvalue weighted by Gasteiger charge is 2.30. The molecule has 10 heterocycles. The Labute approximate surface area is 628 Å². The van der Waals surface area contributed by atoms with Crippen LogP contribution >= 0.6 is 0 Å². The summed E-state index contributed by atoms with van der Waals surface area (Å²) in [5.74, 6) is 0. The van der Waals surface area contributed by atoms with Gasteiger partial charge in [-0.15, -0.1) is 10.2 Å². The number of aromatic nitrogens is 8. The lowest BCUT2D eigenvalue weighted by atomic mass is 9.78. The molecule has 6 aromatic heterocycles. The SMILES string of the molecule is CC(C)(C)c1cc(-c2c3nc(c(N=Nc4c5nc(c(-c6cc(C(C)(C)C)cc(C(C)(C)C)c6)c6ccc(cc7nc(c(-c8cc(C(C)(C)C)cc(C(C)(C)C)c8)c8ccc4[nH]8)C=C7)[nH]6)C=C5)c4ccc([nH]4)c(-c4cc(C(C)(C)C)cc(C(C)(C)C)c4)c4nc(cc5ccc2[nH]5)C=C4)C=C3)cc(C(C)(C)C)c1. The van der Waals surface area contributed by atoms with Crippen LogP contribution in [0.4, 0.5) is 11.4 Å². The fourth-order valence-corrected chi connectivity index (χ4v) is 14.3. The fourth-order valence-electron chi connectivity index (χ4n) is 14.3. The number of hydrogen-bond donors (Lipinski definition) is 4. The molecule has 4 aliphatic heterocycles. The molecule has 0 amide bonds. The number of aromatic amines is 4. The summed E-state index contributed by atoms with van der Waals surface area (Å²) >= 11 is 0. The van der Waals surface area contributed by atoms with Gasteiger partial charge in [0.05, 0.1) is 56.6 Å². The number of rotatable bonds is 6. The van der Waals surface area contributed by atoms with Crippen molar-refractivity contribution in [3.8, 4) is 44.5 Å². The Bertz CT molecular complexity index is 5140. The van der Waals surface area contributed by atoms with Crippen molar-refractivity contribution in [3.63, 3.8) is 0 Å². The minimum Gasteiger partial charge on any atom is -0.355 e. The van der Waals surface area contributed by atoms with E-state index >= 15 is 0 Å². The molecule has 0 saturated carbocycles. The molecule has 14 rings (SSSR count). The van der Waals surface area contributed by atoms with E-state index < -0.39 is 0 Å². The van der Waals surface area contributed by atoms with Crippen molar-refractivity contribution in [2.75, 3.05) is 0 Å². The third-order valence-electron chi connectivity index (χ3n) is 21.2. The lowest BCUT2D eigenvalue weighted by Crippen LogP contribution is -2.16. The Kier molecular flexibility index (Phi) is 17.6. The number of azo groups is 1. The van der Waals surface area contributed by atoms with E-state index in [1.54, 1.807) is 0 Å². The molecule has 0 fully saturated rings. The van der Waals surface area contributed by atoms with Crippen molar-refractivity contribution in [1.82, 2.24) is 39.9 Å². The van der Waals surface area contributed by atoms with Gasteiger partial charge in [-0.05, 0) is 219 Å². The Balaban J connectivity index is 1.13. The van der Waals surface area contributed by atoms with Crippen LogP contribution < -0.4 is 0 Å². The smallest absolute Gasteiger partial charge is 0.135 e. The third-order valence-corrected chi connectivity index (χ3v) is 21.2. The zero-order chi connectivity index (χ0) is 75.9. The number of benzene rings is 4. The van der Waals surface area contributed by atoms with Crippen LogP contribution in [-0.4, -0.2) is 39.9 Å². The van der Waals surface area contributed by atoms with Gasteiger partial charge in [0, 0.05) is 55.4 Å². The Hall–Kier alpha value is -10.3. The van der Waals surface area contributed by atoms with Crippen LogP contribution in [0.1, 0.15) is 256 Å². The van der Waals surface area contributed by atoms with E-state index in [4.69, 9.17) is 30.2 Å². The second kappa shape index (κ2) is 25.7. The molecule has 0 saturated heterocycles. The van der Waals surface area contributed by atoms with Gasteiger partial charge < -0.3 is 19.9 Å². The molecule has 16 bridgehead atoms. The average molecular weight is 1400 g/mol. The molecule has 0 aliphatic carbocycles. The predicted octanol–water partition coefficient (Wildman–Crippen LogP) is 27.1. The molecule has 10 nitrogen and oxygen atoms in total. The fraction of sp³-hybridized carbons (Fsp3) is 0.333. The first-order chi connectivity index (χ1) is 49.5. The lowest BCUT2D eigenvalue weighted by Gasteiger charge is -2.26. The van der Waals surface area contributed by atoms with Gasteiger partial charge in [-0.1, -0.05) is 239 Å². The summed E-state index contributed by atoms with van der Waals surface area (Å²) in [5, 5.41) is 11.2. The maximum atomic E-state index is 5.76. The highest BCUT2D eigenvalue weighted by atomic mass is 15.1.